The quantitative estimate of drug-likeness (QED) is 0.559. The molecule has 0 saturated heterocycles. The fraction of sp³-hybridized carbons (Fsp3) is 0.143. The summed E-state index contributed by atoms with van der Waals surface area (Å²) in [5.41, 5.74) is 4.73. The van der Waals surface area contributed by atoms with E-state index in [-0.39, 0.29) is 11.3 Å². The molecular formula is C7H7F2NO2S. The Labute approximate surface area is 74.4 Å². The third kappa shape index (κ3) is 1.95. The molecule has 0 unspecified atom stereocenters. The highest BCUT2D eigenvalue weighted by Crippen LogP contribution is 2.21. The number of hydrogen-bond acceptors (Lipinski definition) is 3. The minimum atomic E-state index is -4.81. The van der Waals surface area contributed by atoms with Gasteiger partial charge in [0, 0.05) is 0 Å². The minimum Gasteiger partial charge on any atom is -0.396 e. The summed E-state index contributed by atoms with van der Waals surface area (Å²) in [5.74, 6) is -0.729. The average Bonchev–Trinajstić information content (AvgIpc) is 1.97. The van der Waals surface area contributed by atoms with Crippen LogP contribution < -0.4 is 5.73 Å². The molecule has 6 heteroatoms. The lowest BCUT2D eigenvalue weighted by molar-refractivity contribution is 0.551. The summed E-state index contributed by atoms with van der Waals surface area (Å²) in [4.78, 5) is -0.621. The van der Waals surface area contributed by atoms with Crippen LogP contribution in [0.1, 0.15) is 5.56 Å². The van der Waals surface area contributed by atoms with Crippen LogP contribution in [0.2, 0.25) is 0 Å². The Bertz CT molecular complexity index is 419. The Morgan fingerprint density at radius 3 is 2.31 bits per heavy atom. The van der Waals surface area contributed by atoms with Crippen molar-refractivity contribution < 1.29 is 16.7 Å². The monoisotopic (exact) mass is 207 g/mol. The van der Waals surface area contributed by atoms with Crippen molar-refractivity contribution in [1.82, 2.24) is 0 Å². The summed E-state index contributed by atoms with van der Waals surface area (Å²) in [5, 5.41) is 0. The summed E-state index contributed by atoms with van der Waals surface area (Å²) in [7, 11) is -4.81. The lowest BCUT2D eigenvalue weighted by Gasteiger charge is -2.02. The van der Waals surface area contributed by atoms with Crippen LogP contribution in [0.4, 0.5) is 14.0 Å². The van der Waals surface area contributed by atoms with Crippen LogP contribution in [0.25, 0.3) is 0 Å². The lowest BCUT2D eigenvalue weighted by Crippen LogP contribution is -1.99. The molecule has 0 spiro atoms. The molecule has 3 nitrogen and oxygen atoms in total. The number of anilines is 1. The Hall–Kier alpha value is -1.17. The second-order valence-electron chi connectivity index (χ2n) is 2.58. The van der Waals surface area contributed by atoms with Crippen LogP contribution >= 0.6 is 0 Å². The van der Waals surface area contributed by atoms with Gasteiger partial charge in [0.2, 0.25) is 0 Å². The van der Waals surface area contributed by atoms with Gasteiger partial charge in [-0.15, -0.1) is 3.89 Å². The molecular weight excluding hydrogens is 200 g/mol. The summed E-state index contributed by atoms with van der Waals surface area (Å²) < 4.78 is 46.1. The van der Waals surface area contributed by atoms with Crippen molar-refractivity contribution in [3.63, 3.8) is 0 Å². The normalized spacial score (nSPS) is 11.6. The Morgan fingerprint density at radius 2 is 1.92 bits per heavy atom. The van der Waals surface area contributed by atoms with Gasteiger partial charge in [0.05, 0.1) is 5.69 Å². The van der Waals surface area contributed by atoms with Crippen LogP contribution in [0, 0.1) is 12.7 Å². The van der Waals surface area contributed by atoms with Crippen molar-refractivity contribution in [2.45, 2.75) is 11.8 Å². The number of halogens is 2. The van der Waals surface area contributed by atoms with E-state index in [4.69, 9.17) is 5.73 Å². The molecule has 0 aliphatic rings. The number of hydrogen-bond donors (Lipinski definition) is 1. The maximum absolute atomic E-state index is 12.9. The fourth-order valence-electron chi connectivity index (χ4n) is 0.903. The number of benzene rings is 1. The van der Waals surface area contributed by atoms with E-state index in [2.05, 4.69) is 0 Å². The second kappa shape index (κ2) is 2.95. The van der Waals surface area contributed by atoms with E-state index in [0.717, 1.165) is 12.1 Å². The van der Waals surface area contributed by atoms with Crippen molar-refractivity contribution in [2.75, 3.05) is 5.73 Å². The zero-order valence-corrected chi connectivity index (χ0v) is 7.53. The van der Waals surface area contributed by atoms with Crippen molar-refractivity contribution in [3.8, 4) is 0 Å². The molecule has 72 valence electrons. The molecule has 1 aromatic rings. The van der Waals surface area contributed by atoms with Gasteiger partial charge in [-0.2, -0.15) is 8.42 Å². The molecule has 0 saturated carbocycles. The average molecular weight is 207 g/mol. The van der Waals surface area contributed by atoms with Crippen LogP contribution in [0.5, 0.6) is 0 Å². The SMILES string of the molecule is Cc1cc(S(=O)(=O)F)cc(N)c1F. The van der Waals surface area contributed by atoms with Crippen LogP contribution in [0.15, 0.2) is 17.0 Å². The highest BCUT2D eigenvalue weighted by Gasteiger charge is 2.15. The summed E-state index contributed by atoms with van der Waals surface area (Å²) in [6, 6.07) is 1.64. The van der Waals surface area contributed by atoms with E-state index in [9.17, 15) is 16.7 Å². The summed E-state index contributed by atoms with van der Waals surface area (Å²) >= 11 is 0. The summed E-state index contributed by atoms with van der Waals surface area (Å²) in [6.07, 6.45) is 0. The number of aryl methyl sites for hydroxylation is 1. The molecule has 0 heterocycles. The molecule has 0 aliphatic heterocycles. The van der Waals surface area contributed by atoms with Crippen molar-refractivity contribution in [2.24, 2.45) is 0 Å². The smallest absolute Gasteiger partial charge is 0.332 e. The summed E-state index contributed by atoms with van der Waals surface area (Å²) in [6.45, 7) is 1.31. The molecule has 0 radical (unpaired) electrons. The van der Waals surface area contributed by atoms with Gasteiger partial charge < -0.3 is 5.73 Å². The molecule has 1 aromatic carbocycles. The zero-order chi connectivity index (χ0) is 10.2. The van der Waals surface area contributed by atoms with Gasteiger partial charge in [-0.05, 0) is 24.6 Å². The molecule has 0 bridgehead atoms. The molecule has 13 heavy (non-hydrogen) atoms. The van der Waals surface area contributed by atoms with Gasteiger partial charge in [-0.25, -0.2) is 4.39 Å². The fourth-order valence-corrected chi connectivity index (χ4v) is 1.49. The first-order chi connectivity index (χ1) is 5.82. The molecule has 2 N–H and O–H groups in total. The van der Waals surface area contributed by atoms with Gasteiger partial charge in [-0.1, -0.05) is 0 Å². The predicted molar refractivity (Wildman–Crippen MR) is 43.8 cm³/mol. The predicted octanol–water partition coefficient (Wildman–Crippen LogP) is 1.37. The van der Waals surface area contributed by atoms with Crippen LogP contribution in [-0.4, -0.2) is 8.42 Å². The van der Waals surface area contributed by atoms with Gasteiger partial charge in [0.1, 0.15) is 10.7 Å². The topological polar surface area (TPSA) is 60.2 Å². The molecule has 0 aliphatic carbocycles. The number of nitrogen functional groups attached to an aromatic ring is 1. The third-order valence-electron chi connectivity index (χ3n) is 1.54. The van der Waals surface area contributed by atoms with Gasteiger partial charge >= 0.3 is 10.2 Å². The van der Waals surface area contributed by atoms with Crippen molar-refractivity contribution in [3.05, 3.63) is 23.5 Å². The second-order valence-corrected chi connectivity index (χ2v) is 3.93. The van der Waals surface area contributed by atoms with E-state index in [0.29, 0.717) is 0 Å². The Kier molecular flexibility index (Phi) is 2.25. The van der Waals surface area contributed by atoms with Crippen LogP contribution in [-0.2, 0) is 10.2 Å². The minimum absolute atomic E-state index is 0.00350. The first-order valence-electron chi connectivity index (χ1n) is 3.32. The Morgan fingerprint density at radius 1 is 1.38 bits per heavy atom. The van der Waals surface area contributed by atoms with E-state index in [1.54, 1.807) is 0 Å². The third-order valence-corrected chi connectivity index (χ3v) is 2.34. The zero-order valence-electron chi connectivity index (χ0n) is 6.71. The highest BCUT2D eigenvalue weighted by molar-refractivity contribution is 7.86. The number of rotatable bonds is 1. The maximum atomic E-state index is 12.9. The van der Waals surface area contributed by atoms with Gasteiger partial charge in [0.25, 0.3) is 0 Å². The standard InChI is InChI=1S/C7H7F2NO2S/c1-4-2-5(13(9,11)12)3-6(10)7(4)8/h2-3H,10H2,1H3. The van der Waals surface area contributed by atoms with Gasteiger partial charge in [-0.3, -0.25) is 0 Å². The first kappa shape index (κ1) is 9.91. The molecule has 0 atom stereocenters. The van der Waals surface area contributed by atoms with E-state index >= 15 is 0 Å². The molecule has 0 aromatic heterocycles. The lowest BCUT2D eigenvalue weighted by atomic mass is 10.2. The molecule has 0 fully saturated rings. The van der Waals surface area contributed by atoms with Crippen LogP contribution in [0.3, 0.4) is 0 Å². The largest absolute Gasteiger partial charge is 0.396 e. The maximum Gasteiger partial charge on any atom is 0.332 e. The first-order valence-corrected chi connectivity index (χ1v) is 4.71. The molecule has 1 rings (SSSR count). The van der Waals surface area contributed by atoms with Crippen molar-refractivity contribution in [1.29, 1.82) is 0 Å². The van der Waals surface area contributed by atoms with Gasteiger partial charge in [0.15, 0.2) is 0 Å². The number of nitrogens with two attached hydrogens (primary N) is 1. The Balaban J connectivity index is 3.47. The molecule has 0 amide bonds. The van der Waals surface area contributed by atoms with E-state index in [1.165, 1.54) is 6.92 Å². The highest BCUT2D eigenvalue weighted by atomic mass is 32.3. The van der Waals surface area contributed by atoms with E-state index in [1.807, 2.05) is 0 Å². The van der Waals surface area contributed by atoms with Crippen molar-refractivity contribution >= 4 is 15.9 Å². The van der Waals surface area contributed by atoms with E-state index < -0.39 is 20.9 Å².